The molecule has 0 saturated carbocycles. The van der Waals surface area contributed by atoms with Crippen molar-refractivity contribution in [3.05, 3.63) is 74.4 Å². The van der Waals surface area contributed by atoms with Crippen molar-refractivity contribution < 1.29 is 19.1 Å². The maximum Gasteiger partial charge on any atom is 0.341 e. The summed E-state index contributed by atoms with van der Waals surface area (Å²) < 4.78 is 7.51. The third-order valence-corrected chi connectivity index (χ3v) is 9.60. The van der Waals surface area contributed by atoms with E-state index in [9.17, 15) is 14.4 Å². The normalized spacial score (nSPS) is 17.0. The fourth-order valence-corrected chi connectivity index (χ4v) is 7.37. The number of aromatic nitrogens is 1. The molecule has 1 atom stereocenters. The average Bonchev–Trinajstić information content (AvgIpc) is 3.46. The van der Waals surface area contributed by atoms with Crippen LogP contribution in [0.15, 0.2) is 35.9 Å². The summed E-state index contributed by atoms with van der Waals surface area (Å²) in [6.07, 6.45) is 6.59. The number of anilines is 1. The molecule has 2 aliphatic rings. The van der Waals surface area contributed by atoms with E-state index in [2.05, 4.69) is 19.2 Å². The highest BCUT2D eigenvalue weighted by Crippen LogP contribution is 2.39. The molecule has 1 saturated heterocycles. The van der Waals surface area contributed by atoms with Gasteiger partial charge in [0, 0.05) is 16.3 Å². The summed E-state index contributed by atoms with van der Waals surface area (Å²) >= 11 is 7.04. The number of carbonyl (C=O) groups is 3. The molecular formula is C32H35N3O4S2. The highest BCUT2D eigenvalue weighted by molar-refractivity contribution is 7.80. The van der Waals surface area contributed by atoms with Crippen LogP contribution < -0.4 is 10.2 Å². The number of nitrogens with zero attached hydrogens (tertiary/aromatic N) is 2. The van der Waals surface area contributed by atoms with Gasteiger partial charge in [0.25, 0.3) is 11.8 Å². The smallest absolute Gasteiger partial charge is 0.341 e. The van der Waals surface area contributed by atoms with Crippen molar-refractivity contribution >= 4 is 58.2 Å². The van der Waals surface area contributed by atoms with Crippen LogP contribution in [0, 0.1) is 13.8 Å². The zero-order valence-electron chi connectivity index (χ0n) is 24.1. The van der Waals surface area contributed by atoms with Gasteiger partial charge in [0.05, 0.1) is 17.9 Å². The lowest BCUT2D eigenvalue weighted by Crippen LogP contribution is -2.54. The number of thiophene rings is 1. The van der Waals surface area contributed by atoms with Gasteiger partial charge in [-0.15, -0.1) is 11.3 Å². The number of esters is 1. The second kappa shape index (κ2) is 11.7. The zero-order valence-corrected chi connectivity index (χ0v) is 25.8. The van der Waals surface area contributed by atoms with Gasteiger partial charge in [-0.05, 0) is 112 Å². The summed E-state index contributed by atoms with van der Waals surface area (Å²) in [7, 11) is 0. The van der Waals surface area contributed by atoms with Crippen LogP contribution in [0.3, 0.4) is 0 Å². The molecule has 1 fully saturated rings. The van der Waals surface area contributed by atoms with E-state index in [-0.39, 0.29) is 16.7 Å². The number of rotatable bonds is 7. The molecular weight excluding hydrogens is 555 g/mol. The number of amides is 2. The Morgan fingerprint density at radius 3 is 2.54 bits per heavy atom. The predicted octanol–water partition coefficient (Wildman–Crippen LogP) is 6.56. The van der Waals surface area contributed by atoms with Crippen molar-refractivity contribution in [2.45, 2.75) is 72.6 Å². The molecule has 5 rings (SSSR count). The van der Waals surface area contributed by atoms with Gasteiger partial charge >= 0.3 is 5.97 Å². The molecule has 2 aromatic heterocycles. The minimum absolute atomic E-state index is 0.000873. The Hall–Kier alpha value is -3.56. The molecule has 1 N–H and O–H groups in total. The molecule has 0 radical (unpaired) electrons. The SMILES string of the molecule is CCOC(=O)c1c(-n2c(C)cc(/C=C3\C(=O)NC(=S)N(c4ccc([C@@H](C)CC)cc4)C3=O)c2C)sc2c1CCCC2. The van der Waals surface area contributed by atoms with E-state index in [0.29, 0.717) is 23.8 Å². The molecule has 2 amide bonds. The van der Waals surface area contributed by atoms with Crippen molar-refractivity contribution in [3.63, 3.8) is 0 Å². The number of aryl methyl sites for hydroxylation is 2. The van der Waals surface area contributed by atoms with E-state index in [1.165, 1.54) is 15.3 Å². The minimum atomic E-state index is -0.531. The van der Waals surface area contributed by atoms with Gasteiger partial charge in [-0.25, -0.2) is 4.79 Å². The fourth-order valence-electron chi connectivity index (χ4n) is 5.60. The first kappa shape index (κ1) is 29.0. The molecule has 9 heteroatoms. The maximum atomic E-state index is 13.7. The topological polar surface area (TPSA) is 80.6 Å². The van der Waals surface area contributed by atoms with Crippen LogP contribution in [0.5, 0.6) is 0 Å². The van der Waals surface area contributed by atoms with E-state index in [1.807, 2.05) is 55.7 Å². The molecule has 0 spiro atoms. The molecule has 214 valence electrons. The molecule has 0 unspecified atom stereocenters. The maximum absolute atomic E-state index is 13.7. The number of thiocarbonyl (C=S) groups is 1. The molecule has 3 heterocycles. The number of hydrogen-bond acceptors (Lipinski definition) is 6. The third-order valence-electron chi connectivity index (χ3n) is 8.04. The molecule has 7 nitrogen and oxygen atoms in total. The minimum Gasteiger partial charge on any atom is -0.462 e. The van der Waals surface area contributed by atoms with Crippen LogP contribution in [0.4, 0.5) is 5.69 Å². The Balaban J connectivity index is 1.54. The number of nitrogens with one attached hydrogen (secondary N) is 1. The van der Waals surface area contributed by atoms with Crippen molar-refractivity contribution in [2.24, 2.45) is 0 Å². The van der Waals surface area contributed by atoms with Crippen LogP contribution >= 0.6 is 23.6 Å². The van der Waals surface area contributed by atoms with Crippen LogP contribution in [-0.2, 0) is 27.2 Å². The number of benzene rings is 1. The van der Waals surface area contributed by atoms with Crippen molar-refractivity contribution in [1.82, 2.24) is 9.88 Å². The fraction of sp³-hybridized carbons (Fsp3) is 0.375. The summed E-state index contributed by atoms with van der Waals surface area (Å²) in [5, 5.41) is 3.57. The highest BCUT2D eigenvalue weighted by Gasteiger charge is 2.35. The zero-order chi connectivity index (χ0) is 29.4. The summed E-state index contributed by atoms with van der Waals surface area (Å²) in [5.41, 5.74) is 5.96. The molecule has 1 aliphatic heterocycles. The Morgan fingerprint density at radius 2 is 1.85 bits per heavy atom. The monoisotopic (exact) mass is 589 g/mol. The second-order valence-corrected chi connectivity index (χ2v) is 12.1. The van der Waals surface area contributed by atoms with Gasteiger partial charge < -0.3 is 9.30 Å². The Morgan fingerprint density at radius 1 is 1.15 bits per heavy atom. The van der Waals surface area contributed by atoms with Crippen LogP contribution in [0.1, 0.15) is 89.3 Å². The first-order valence-corrected chi connectivity index (χ1v) is 15.4. The van der Waals surface area contributed by atoms with Gasteiger partial charge in [0.2, 0.25) is 0 Å². The average molecular weight is 590 g/mol. The third kappa shape index (κ3) is 5.28. The van der Waals surface area contributed by atoms with Gasteiger partial charge in [-0.2, -0.15) is 0 Å². The summed E-state index contributed by atoms with van der Waals surface area (Å²) in [6, 6.07) is 9.65. The number of fused-ring (bicyclic) bond motifs is 1. The van der Waals surface area contributed by atoms with Crippen molar-refractivity contribution in [1.29, 1.82) is 0 Å². The molecule has 3 aromatic rings. The lowest BCUT2D eigenvalue weighted by Gasteiger charge is -2.29. The lowest BCUT2D eigenvalue weighted by molar-refractivity contribution is -0.122. The number of ether oxygens (including phenoxy) is 1. The second-order valence-electron chi connectivity index (χ2n) is 10.6. The molecule has 1 aliphatic carbocycles. The lowest BCUT2D eigenvalue weighted by atomic mass is 9.95. The van der Waals surface area contributed by atoms with Gasteiger partial charge in [-0.1, -0.05) is 26.0 Å². The van der Waals surface area contributed by atoms with Crippen LogP contribution in [0.25, 0.3) is 11.1 Å². The van der Waals surface area contributed by atoms with E-state index in [4.69, 9.17) is 17.0 Å². The molecule has 1 aromatic carbocycles. The van der Waals surface area contributed by atoms with Crippen LogP contribution in [-0.4, -0.2) is 34.1 Å². The Labute approximate surface area is 250 Å². The molecule has 41 heavy (non-hydrogen) atoms. The molecule has 0 bridgehead atoms. The first-order chi connectivity index (χ1) is 19.7. The van der Waals surface area contributed by atoms with Crippen LogP contribution in [0.2, 0.25) is 0 Å². The highest BCUT2D eigenvalue weighted by atomic mass is 32.1. The van der Waals surface area contributed by atoms with Gasteiger partial charge in [0.1, 0.15) is 10.6 Å². The quantitative estimate of drug-likeness (QED) is 0.146. The predicted molar refractivity (Wildman–Crippen MR) is 167 cm³/mol. The Kier molecular flexibility index (Phi) is 8.29. The standard InChI is InChI=1S/C32H35N3O4S2/c1-6-18(3)21-12-14-23(15-13-21)35-29(37)25(28(36)33-32(35)40)17-22-16-19(4)34(20(22)5)30-27(31(38)39-7-2)24-10-8-9-11-26(24)41-30/h12-18H,6-11H2,1-5H3,(H,33,36,40)/b25-17+/t18-/m0/s1. The first-order valence-electron chi connectivity index (χ1n) is 14.2. The van der Waals surface area contributed by atoms with E-state index in [0.717, 1.165) is 59.6 Å². The van der Waals surface area contributed by atoms with E-state index in [1.54, 1.807) is 17.4 Å². The Bertz CT molecular complexity index is 1580. The number of carbonyl (C=O) groups excluding carboxylic acids is 3. The summed E-state index contributed by atoms with van der Waals surface area (Å²) in [4.78, 5) is 42.4. The van der Waals surface area contributed by atoms with Crippen molar-refractivity contribution in [3.8, 4) is 5.00 Å². The van der Waals surface area contributed by atoms with E-state index >= 15 is 0 Å². The van der Waals surface area contributed by atoms with Crippen molar-refractivity contribution in [2.75, 3.05) is 11.5 Å². The van der Waals surface area contributed by atoms with E-state index < -0.39 is 11.8 Å². The summed E-state index contributed by atoms with van der Waals surface area (Å²) in [5.74, 6) is -0.911. The summed E-state index contributed by atoms with van der Waals surface area (Å²) in [6.45, 7) is 10.3. The number of hydrogen-bond donors (Lipinski definition) is 1. The largest absolute Gasteiger partial charge is 0.462 e. The van der Waals surface area contributed by atoms with Gasteiger partial charge in [0.15, 0.2) is 5.11 Å². The van der Waals surface area contributed by atoms with Gasteiger partial charge in [-0.3, -0.25) is 19.8 Å².